The molecule has 3 atom stereocenters. The lowest BCUT2D eigenvalue weighted by Crippen LogP contribution is -2.67. The molecule has 0 amide bonds. The van der Waals surface area contributed by atoms with Gasteiger partial charge in [0.15, 0.2) is 0 Å². The molecule has 0 unspecified atom stereocenters. The molecule has 2 rings (SSSR count). The summed E-state index contributed by atoms with van der Waals surface area (Å²) in [6, 6.07) is 0.778. The highest BCUT2D eigenvalue weighted by atomic mass is 79.9. The first kappa shape index (κ1) is 8.06. The maximum absolute atomic E-state index is 3.78. The molecule has 1 heterocycles. The number of hydrogen-bond acceptors (Lipinski definition) is 1. The number of nitrogens with one attached hydrogen (secondary N) is 1. The summed E-state index contributed by atoms with van der Waals surface area (Å²) in [4.78, 5) is 0.743. The summed E-state index contributed by atoms with van der Waals surface area (Å²) in [6.45, 7) is 5.93. The van der Waals surface area contributed by atoms with Gasteiger partial charge in [0.2, 0.25) is 0 Å². The van der Waals surface area contributed by atoms with Crippen molar-refractivity contribution in [1.29, 1.82) is 0 Å². The predicted octanol–water partition coefficient (Wildman–Crippen LogP) is 2.16. The van der Waals surface area contributed by atoms with Gasteiger partial charge in [0.25, 0.3) is 0 Å². The molecule has 11 heavy (non-hydrogen) atoms. The van der Waals surface area contributed by atoms with E-state index in [1.165, 1.54) is 19.4 Å². The molecule has 2 aliphatic rings. The van der Waals surface area contributed by atoms with E-state index in [-0.39, 0.29) is 0 Å². The molecule has 2 fully saturated rings. The van der Waals surface area contributed by atoms with E-state index in [2.05, 4.69) is 35.1 Å². The third-order valence-corrected chi connectivity index (χ3v) is 5.25. The number of hydrogen-bond donors (Lipinski definition) is 1. The second kappa shape index (κ2) is 2.46. The molecule has 0 aromatic carbocycles. The summed E-state index contributed by atoms with van der Waals surface area (Å²) in [5, 5.41) is 3.61. The average Bonchev–Trinajstić information content (AvgIpc) is 2.04. The van der Waals surface area contributed by atoms with Crippen molar-refractivity contribution in [2.24, 2.45) is 11.3 Å². The zero-order valence-electron chi connectivity index (χ0n) is 7.23. The van der Waals surface area contributed by atoms with E-state index in [0.29, 0.717) is 5.41 Å². The van der Waals surface area contributed by atoms with Crippen LogP contribution in [0.3, 0.4) is 0 Å². The Morgan fingerprint density at radius 3 is 2.82 bits per heavy atom. The molecule has 0 aromatic heterocycles. The Morgan fingerprint density at radius 1 is 1.45 bits per heavy atom. The highest BCUT2D eigenvalue weighted by Gasteiger charge is 2.55. The fourth-order valence-electron chi connectivity index (χ4n) is 2.65. The summed E-state index contributed by atoms with van der Waals surface area (Å²) in [5.74, 6) is 0.902. The molecular weight excluding hydrogens is 202 g/mol. The molecule has 0 aromatic rings. The highest BCUT2D eigenvalue weighted by molar-refractivity contribution is 9.09. The van der Waals surface area contributed by atoms with Crippen molar-refractivity contribution in [3.63, 3.8) is 0 Å². The second-order valence-electron chi connectivity index (χ2n) is 4.46. The molecule has 1 N–H and O–H groups in total. The van der Waals surface area contributed by atoms with Gasteiger partial charge in [-0.1, -0.05) is 29.8 Å². The SMILES string of the molecule is CC1(C)[C@H](Br)[C@H]2CCCN[C@@H]21. The molecule has 1 saturated heterocycles. The summed E-state index contributed by atoms with van der Waals surface area (Å²) in [6.07, 6.45) is 2.77. The minimum atomic E-state index is 0.477. The lowest BCUT2D eigenvalue weighted by molar-refractivity contribution is 0.0181. The molecule has 0 spiro atoms. The van der Waals surface area contributed by atoms with Crippen LogP contribution < -0.4 is 5.32 Å². The second-order valence-corrected chi connectivity index (χ2v) is 5.45. The Labute approximate surface area is 77.1 Å². The van der Waals surface area contributed by atoms with Gasteiger partial charge in [-0.15, -0.1) is 0 Å². The smallest absolute Gasteiger partial charge is 0.0255 e. The summed E-state index contributed by atoms with van der Waals surface area (Å²) >= 11 is 3.78. The van der Waals surface area contributed by atoms with Crippen LogP contribution in [0.15, 0.2) is 0 Å². The van der Waals surface area contributed by atoms with Crippen molar-refractivity contribution < 1.29 is 0 Å². The number of piperidine rings is 1. The van der Waals surface area contributed by atoms with Crippen molar-refractivity contribution in [3.05, 3.63) is 0 Å². The van der Waals surface area contributed by atoms with Crippen LogP contribution in [0.4, 0.5) is 0 Å². The molecule has 2 heteroatoms. The quantitative estimate of drug-likeness (QED) is 0.614. The van der Waals surface area contributed by atoms with Crippen LogP contribution in [0, 0.1) is 11.3 Å². The first-order valence-corrected chi connectivity index (χ1v) is 5.43. The van der Waals surface area contributed by atoms with Gasteiger partial charge in [-0.3, -0.25) is 0 Å². The predicted molar refractivity (Wildman–Crippen MR) is 51.0 cm³/mol. The van der Waals surface area contributed by atoms with Crippen LogP contribution in [-0.4, -0.2) is 17.4 Å². The van der Waals surface area contributed by atoms with Crippen LogP contribution in [-0.2, 0) is 0 Å². The highest BCUT2D eigenvalue weighted by Crippen LogP contribution is 2.52. The summed E-state index contributed by atoms with van der Waals surface area (Å²) < 4.78 is 0. The molecular formula is C9H16BrN. The Kier molecular flexibility index (Phi) is 1.80. The third-order valence-electron chi connectivity index (χ3n) is 3.39. The van der Waals surface area contributed by atoms with Crippen LogP contribution in [0.25, 0.3) is 0 Å². The summed E-state index contributed by atoms with van der Waals surface area (Å²) in [7, 11) is 0. The van der Waals surface area contributed by atoms with E-state index in [4.69, 9.17) is 0 Å². The molecule has 0 radical (unpaired) electrons. The first-order chi connectivity index (χ1) is 5.14. The average molecular weight is 218 g/mol. The topological polar surface area (TPSA) is 12.0 Å². The van der Waals surface area contributed by atoms with Crippen LogP contribution in [0.2, 0.25) is 0 Å². The fraction of sp³-hybridized carbons (Fsp3) is 1.00. The largest absolute Gasteiger partial charge is 0.313 e. The summed E-state index contributed by atoms with van der Waals surface area (Å²) in [5.41, 5.74) is 0.477. The lowest BCUT2D eigenvalue weighted by Gasteiger charge is -2.58. The minimum absolute atomic E-state index is 0.477. The van der Waals surface area contributed by atoms with Gasteiger partial charge in [-0.2, -0.15) is 0 Å². The number of alkyl halides is 1. The van der Waals surface area contributed by atoms with Gasteiger partial charge >= 0.3 is 0 Å². The van der Waals surface area contributed by atoms with E-state index in [9.17, 15) is 0 Å². The van der Waals surface area contributed by atoms with Crippen LogP contribution in [0.5, 0.6) is 0 Å². The Bertz CT molecular complexity index is 167. The molecule has 1 aliphatic carbocycles. The van der Waals surface area contributed by atoms with E-state index >= 15 is 0 Å². The maximum Gasteiger partial charge on any atom is 0.0255 e. The fourth-order valence-corrected chi connectivity index (χ4v) is 3.50. The van der Waals surface area contributed by atoms with Gasteiger partial charge in [-0.05, 0) is 30.7 Å². The van der Waals surface area contributed by atoms with Crippen LogP contribution >= 0.6 is 15.9 Å². The standard InChI is InChI=1S/C9H16BrN/c1-9(2)7(10)6-4-3-5-11-8(6)9/h6-8,11H,3-5H2,1-2H3/t6-,7-,8+/m1/s1. The van der Waals surface area contributed by atoms with E-state index in [1.807, 2.05) is 0 Å². The van der Waals surface area contributed by atoms with Crippen molar-refractivity contribution in [2.45, 2.75) is 37.6 Å². The van der Waals surface area contributed by atoms with E-state index in [1.54, 1.807) is 0 Å². The minimum Gasteiger partial charge on any atom is -0.313 e. The lowest BCUT2D eigenvalue weighted by atomic mass is 9.57. The van der Waals surface area contributed by atoms with Crippen molar-refractivity contribution >= 4 is 15.9 Å². The van der Waals surface area contributed by atoms with E-state index < -0.39 is 0 Å². The third kappa shape index (κ3) is 0.988. The van der Waals surface area contributed by atoms with Crippen molar-refractivity contribution in [3.8, 4) is 0 Å². The first-order valence-electron chi connectivity index (χ1n) is 4.51. The van der Waals surface area contributed by atoms with Crippen LogP contribution in [0.1, 0.15) is 26.7 Å². The number of halogens is 1. The molecule has 64 valence electrons. The number of rotatable bonds is 0. The monoisotopic (exact) mass is 217 g/mol. The van der Waals surface area contributed by atoms with Crippen molar-refractivity contribution in [1.82, 2.24) is 5.32 Å². The normalized spacial score (nSPS) is 47.7. The maximum atomic E-state index is 3.78. The van der Waals surface area contributed by atoms with Gasteiger partial charge in [0.05, 0.1) is 0 Å². The Hall–Kier alpha value is 0.440. The van der Waals surface area contributed by atoms with Gasteiger partial charge in [-0.25, -0.2) is 0 Å². The van der Waals surface area contributed by atoms with Gasteiger partial charge in [0, 0.05) is 10.9 Å². The van der Waals surface area contributed by atoms with Gasteiger partial charge < -0.3 is 5.32 Å². The number of fused-ring (bicyclic) bond motifs is 1. The molecule has 1 nitrogen and oxygen atoms in total. The zero-order chi connectivity index (χ0) is 8.06. The Morgan fingerprint density at radius 2 is 2.18 bits per heavy atom. The van der Waals surface area contributed by atoms with Gasteiger partial charge in [0.1, 0.15) is 0 Å². The van der Waals surface area contributed by atoms with E-state index in [0.717, 1.165) is 16.8 Å². The molecule has 0 bridgehead atoms. The molecule has 1 aliphatic heterocycles. The Balaban J connectivity index is 2.09. The molecule has 1 saturated carbocycles. The van der Waals surface area contributed by atoms with Crippen molar-refractivity contribution in [2.75, 3.05) is 6.54 Å². The zero-order valence-corrected chi connectivity index (χ0v) is 8.82.